The second kappa shape index (κ2) is 5.74. The third-order valence-electron chi connectivity index (χ3n) is 4.15. The zero-order valence-corrected chi connectivity index (χ0v) is 14.0. The van der Waals surface area contributed by atoms with Crippen molar-refractivity contribution in [3.05, 3.63) is 48.5 Å². The Hall–Kier alpha value is -2.27. The normalized spacial score (nSPS) is 13.0. The molecule has 1 unspecified atom stereocenters. The van der Waals surface area contributed by atoms with Gasteiger partial charge in [-0.15, -0.1) is 0 Å². The quantitative estimate of drug-likeness (QED) is 0.573. The van der Waals surface area contributed by atoms with Gasteiger partial charge >= 0.3 is 0 Å². The van der Waals surface area contributed by atoms with Gasteiger partial charge in [-0.05, 0) is 49.4 Å². The molecule has 23 heavy (non-hydrogen) atoms. The summed E-state index contributed by atoms with van der Waals surface area (Å²) >= 11 is 1.59. The van der Waals surface area contributed by atoms with Crippen molar-refractivity contribution in [3.63, 3.8) is 0 Å². The number of nitrogens with zero attached hydrogens (tertiary/aromatic N) is 3. The maximum atomic E-state index is 4.81. The Morgan fingerprint density at radius 3 is 2.57 bits per heavy atom. The zero-order valence-electron chi connectivity index (χ0n) is 13.2. The van der Waals surface area contributed by atoms with Gasteiger partial charge in [0.05, 0.1) is 22.1 Å². The fourth-order valence-corrected chi connectivity index (χ4v) is 3.77. The molecule has 0 aliphatic heterocycles. The van der Waals surface area contributed by atoms with Crippen LogP contribution >= 0.6 is 11.8 Å². The SMILES string of the molecule is CCC(C)n1c(Sc2nc3ccccc3[nH]2)nc2ccccc21. The third kappa shape index (κ3) is 2.51. The summed E-state index contributed by atoms with van der Waals surface area (Å²) in [6.07, 6.45) is 1.06. The summed E-state index contributed by atoms with van der Waals surface area (Å²) in [5.74, 6) is 0. The monoisotopic (exact) mass is 322 g/mol. The number of benzene rings is 2. The Balaban J connectivity index is 1.81. The first-order valence-corrected chi connectivity index (χ1v) is 8.67. The van der Waals surface area contributed by atoms with Crippen LogP contribution in [0.4, 0.5) is 0 Å². The number of nitrogens with one attached hydrogen (secondary N) is 1. The highest BCUT2D eigenvalue weighted by Crippen LogP contribution is 2.32. The zero-order chi connectivity index (χ0) is 15.8. The Labute approximate surface area is 139 Å². The molecule has 2 heterocycles. The summed E-state index contributed by atoms with van der Waals surface area (Å²) in [4.78, 5) is 12.8. The number of hydrogen-bond donors (Lipinski definition) is 1. The smallest absolute Gasteiger partial charge is 0.177 e. The molecule has 116 valence electrons. The highest BCUT2D eigenvalue weighted by molar-refractivity contribution is 7.99. The Morgan fingerprint density at radius 2 is 1.78 bits per heavy atom. The number of fused-ring (bicyclic) bond motifs is 2. The minimum absolute atomic E-state index is 0.397. The maximum Gasteiger partial charge on any atom is 0.177 e. The lowest BCUT2D eigenvalue weighted by Crippen LogP contribution is -2.05. The van der Waals surface area contributed by atoms with Crippen molar-refractivity contribution in [2.45, 2.75) is 36.6 Å². The molecule has 0 saturated carbocycles. The summed E-state index contributed by atoms with van der Waals surface area (Å²) < 4.78 is 2.31. The second-order valence-electron chi connectivity index (χ2n) is 5.67. The molecule has 5 heteroatoms. The lowest BCUT2D eigenvalue weighted by atomic mass is 10.2. The minimum Gasteiger partial charge on any atom is -0.333 e. The van der Waals surface area contributed by atoms with Crippen LogP contribution in [0.15, 0.2) is 58.8 Å². The standard InChI is InChI=1S/C18H18N4S/c1-3-12(2)22-16-11-7-6-10-15(16)21-18(22)23-17-19-13-8-4-5-9-14(13)20-17/h4-12H,3H2,1-2H3,(H,19,20). The fourth-order valence-electron chi connectivity index (χ4n) is 2.77. The van der Waals surface area contributed by atoms with Crippen LogP contribution in [-0.4, -0.2) is 19.5 Å². The fraction of sp³-hybridized carbons (Fsp3) is 0.222. The van der Waals surface area contributed by atoms with Gasteiger partial charge in [-0.1, -0.05) is 31.2 Å². The van der Waals surface area contributed by atoms with Crippen molar-refractivity contribution in [1.82, 2.24) is 19.5 Å². The van der Waals surface area contributed by atoms with Gasteiger partial charge in [0.2, 0.25) is 0 Å². The third-order valence-corrected chi connectivity index (χ3v) is 5.01. The molecule has 0 radical (unpaired) electrons. The molecule has 0 aliphatic rings. The van der Waals surface area contributed by atoms with Crippen LogP contribution in [0.25, 0.3) is 22.1 Å². The molecule has 4 nitrogen and oxygen atoms in total. The summed E-state index contributed by atoms with van der Waals surface area (Å²) in [5, 5.41) is 1.87. The highest BCUT2D eigenvalue weighted by atomic mass is 32.2. The molecular weight excluding hydrogens is 304 g/mol. The Morgan fingerprint density at radius 1 is 1.04 bits per heavy atom. The molecule has 2 aromatic carbocycles. The predicted molar refractivity (Wildman–Crippen MR) is 95.0 cm³/mol. The number of hydrogen-bond acceptors (Lipinski definition) is 3. The van der Waals surface area contributed by atoms with E-state index in [0.717, 1.165) is 33.3 Å². The van der Waals surface area contributed by atoms with Crippen molar-refractivity contribution in [1.29, 1.82) is 0 Å². The maximum absolute atomic E-state index is 4.81. The number of aromatic amines is 1. The van der Waals surface area contributed by atoms with Crippen molar-refractivity contribution in [2.75, 3.05) is 0 Å². The molecule has 0 spiro atoms. The van der Waals surface area contributed by atoms with Crippen molar-refractivity contribution >= 4 is 33.8 Å². The number of para-hydroxylation sites is 4. The van der Waals surface area contributed by atoms with Crippen LogP contribution in [-0.2, 0) is 0 Å². The van der Waals surface area contributed by atoms with Crippen LogP contribution in [0.3, 0.4) is 0 Å². The summed E-state index contributed by atoms with van der Waals surface area (Å²) in [7, 11) is 0. The molecule has 0 saturated heterocycles. The first-order chi connectivity index (χ1) is 11.3. The van der Waals surface area contributed by atoms with Gasteiger partial charge in [0.15, 0.2) is 10.3 Å². The molecule has 0 bridgehead atoms. The van der Waals surface area contributed by atoms with E-state index in [1.807, 2.05) is 30.3 Å². The molecule has 0 amide bonds. The Kier molecular flexibility index (Phi) is 3.58. The number of imidazole rings is 2. The van der Waals surface area contributed by atoms with E-state index < -0.39 is 0 Å². The second-order valence-corrected chi connectivity index (χ2v) is 6.63. The van der Waals surface area contributed by atoms with E-state index >= 15 is 0 Å². The number of rotatable bonds is 4. The first-order valence-electron chi connectivity index (χ1n) is 7.86. The number of H-pyrrole nitrogens is 1. The summed E-state index contributed by atoms with van der Waals surface area (Å²) in [6.45, 7) is 4.44. The van der Waals surface area contributed by atoms with Crippen molar-refractivity contribution < 1.29 is 0 Å². The molecule has 1 atom stereocenters. The topological polar surface area (TPSA) is 46.5 Å². The predicted octanol–water partition coefficient (Wildman–Crippen LogP) is 5.03. The average Bonchev–Trinajstić information content (AvgIpc) is 3.14. The first kappa shape index (κ1) is 14.3. The van der Waals surface area contributed by atoms with E-state index in [9.17, 15) is 0 Å². The largest absolute Gasteiger partial charge is 0.333 e. The average molecular weight is 322 g/mol. The molecule has 4 rings (SSSR count). The van der Waals surface area contributed by atoms with Crippen LogP contribution in [0.5, 0.6) is 0 Å². The lowest BCUT2D eigenvalue weighted by Gasteiger charge is -2.14. The molecule has 0 fully saturated rings. The van der Waals surface area contributed by atoms with Gasteiger partial charge in [0.1, 0.15) is 0 Å². The minimum atomic E-state index is 0.397. The van der Waals surface area contributed by atoms with Gasteiger partial charge in [0, 0.05) is 6.04 Å². The van der Waals surface area contributed by atoms with Gasteiger partial charge in [0.25, 0.3) is 0 Å². The lowest BCUT2D eigenvalue weighted by molar-refractivity contribution is 0.506. The number of aromatic nitrogens is 4. The van der Waals surface area contributed by atoms with E-state index in [4.69, 9.17) is 4.98 Å². The van der Waals surface area contributed by atoms with Crippen molar-refractivity contribution in [2.24, 2.45) is 0 Å². The van der Waals surface area contributed by atoms with Crippen LogP contribution in [0.1, 0.15) is 26.3 Å². The van der Waals surface area contributed by atoms with E-state index in [1.165, 1.54) is 5.52 Å². The van der Waals surface area contributed by atoms with E-state index in [1.54, 1.807) is 11.8 Å². The van der Waals surface area contributed by atoms with E-state index in [0.29, 0.717) is 6.04 Å². The van der Waals surface area contributed by atoms with E-state index in [-0.39, 0.29) is 0 Å². The Bertz CT molecular complexity index is 936. The van der Waals surface area contributed by atoms with Crippen LogP contribution in [0, 0.1) is 0 Å². The summed E-state index contributed by atoms with van der Waals surface area (Å²) in [6, 6.07) is 16.8. The van der Waals surface area contributed by atoms with Gasteiger partial charge < -0.3 is 9.55 Å². The van der Waals surface area contributed by atoms with Crippen molar-refractivity contribution in [3.8, 4) is 0 Å². The highest BCUT2D eigenvalue weighted by Gasteiger charge is 2.17. The summed E-state index contributed by atoms with van der Waals surface area (Å²) in [5.41, 5.74) is 4.26. The molecule has 2 aromatic heterocycles. The van der Waals surface area contributed by atoms with Crippen LogP contribution < -0.4 is 0 Å². The molecule has 1 N–H and O–H groups in total. The molecule has 4 aromatic rings. The van der Waals surface area contributed by atoms with Gasteiger partial charge in [-0.25, -0.2) is 9.97 Å². The molecular formula is C18H18N4S. The van der Waals surface area contributed by atoms with Crippen LogP contribution in [0.2, 0.25) is 0 Å². The van der Waals surface area contributed by atoms with E-state index in [2.05, 4.69) is 46.6 Å². The van der Waals surface area contributed by atoms with Gasteiger partial charge in [-0.2, -0.15) is 0 Å². The van der Waals surface area contributed by atoms with Gasteiger partial charge in [-0.3, -0.25) is 0 Å². The molecule has 0 aliphatic carbocycles.